The number of rotatable bonds is 3. The van der Waals surface area contributed by atoms with Gasteiger partial charge in [0.2, 0.25) is 0 Å². The zero-order chi connectivity index (χ0) is 14.0. The van der Waals surface area contributed by atoms with Crippen molar-refractivity contribution >= 4 is 18.9 Å². The molecule has 0 aromatic heterocycles. The van der Waals surface area contributed by atoms with E-state index in [4.69, 9.17) is 14.9 Å². The maximum atomic E-state index is 11.2. The van der Waals surface area contributed by atoms with E-state index in [-0.39, 0.29) is 10.9 Å². The van der Waals surface area contributed by atoms with E-state index in [1.54, 1.807) is 24.3 Å². The van der Waals surface area contributed by atoms with Crippen LogP contribution in [0, 0.1) is 0 Å². The van der Waals surface area contributed by atoms with Gasteiger partial charge in [0.05, 0.1) is 10.9 Å². The Kier molecular flexibility index (Phi) is 3.53. The third-order valence-electron chi connectivity index (χ3n) is 2.65. The Balaban J connectivity index is 2.60. The van der Waals surface area contributed by atoms with Crippen LogP contribution in [0.1, 0.15) is 10.4 Å². The Morgan fingerprint density at radius 1 is 1.00 bits per heavy atom. The summed E-state index contributed by atoms with van der Waals surface area (Å²) in [4.78, 5) is 29.4. The summed E-state index contributed by atoms with van der Waals surface area (Å²) in [6.07, 6.45) is 0. The maximum absolute atomic E-state index is 11.2. The molecule has 0 saturated heterocycles. The number of hydrogen-bond donors (Lipinski definition) is 3. The molecule has 19 heavy (non-hydrogen) atoms. The molecule has 5 nitrogen and oxygen atoms in total. The standard InChI is InChI=1S/C13H11O5P/c14-13(15)12-7-2-1-6-11(12)9-4-3-5-10(8-9)19(16,17)18/h1-8H,(H,14,15)(H2,16,17,18). The molecule has 0 bridgehead atoms. The first-order valence-electron chi connectivity index (χ1n) is 5.38. The normalized spacial score (nSPS) is 11.3. The third kappa shape index (κ3) is 2.90. The summed E-state index contributed by atoms with van der Waals surface area (Å²) in [7, 11) is -4.35. The first kappa shape index (κ1) is 13.5. The van der Waals surface area contributed by atoms with Crippen molar-refractivity contribution in [2.24, 2.45) is 0 Å². The largest absolute Gasteiger partial charge is 0.478 e. The lowest BCUT2D eigenvalue weighted by molar-refractivity contribution is 0.0697. The van der Waals surface area contributed by atoms with E-state index < -0.39 is 13.6 Å². The molecule has 6 heteroatoms. The number of benzene rings is 2. The van der Waals surface area contributed by atoms with Crippen molar-refractivity contribution in [2.75, 3.05) is 0 Å². The van der Waals surface area contributed by atoms with Crippen LogP contribution >= 0.6 is 7.60 Å². The summed E-state index contributed by atoms with van der Waals surface area (Å²) in [5.74, 6) is -1.09. The van der Waals surface area contributed by atoms with Crippen molar-refractivity contribution in [3.8, 4) is 11.1 Å². The molecule has 2 aromatic carbocycles. The second kappa shape index (κ2) is 4.97. The number of hydrogen-bond acceptors (Lipinski definition) is 2. The molecular formula is C13H11O5P. The molecule has 0 unspecified atom stereocenters. The monoisotopic (exact) mass is 278 g/mol. The Morgan fingerprint density at radius 3 is 2.32 bits per heavy atom. The minimum absolute atomic E-state index is 0.0883. The van der Waals surface area contributed by atoms with Crippen molar-refractivity contribution in [3.05, 3.63) is 54.1 Å². The van der Waals surface area contributed by atoms with Crippen LogP contribution in [0.25, 0.3) is 11.1 Å². The van der Waals surface area contributed by atoms with Gasteiger partial charge in [0.15, 0.2) is 0 Å². The molecule has 3 N–H and O–H groups in total. The van der Waals surface area contributed by atoms with Crippen LogP contribution in [0.2, 0.25) is 0 Å². The minimum atomic E-state index is -4.35. The highest BCUT2D eigenvalue weighted by Crippen LogP contribution is 2.34. The molecule has 0 saturated carbocycles. The van der Waals surface area contributed by atoms with Gasteiger partial charge in [-0.1, -0.05) is 30.3 Å². The average Bonchev–Trinajstić information content (AvgIpc) is 2.38. The van der Waals surface area contributed by atoms with Gasteiger partial charge in [-0.2, -0.15) is 0 Å². The predicted molar refractivity (Wildman–Crippen MR) is 70.5 cm³/mol. The van der Waals surface area contributed by atoms with Gasteiger partial charge in [-0.25, -0.2) is 4.79 Å². The fourth-order valence-electron chi connectivity index (χ4n) is 1.78. The van der Waals surface area contributed by atoms with Crippen molar-refractivity contribution in [1.82, 2.24) is 0 Å². The lowest BCUT2D eigenvalue weighted by Gasteiger charge is -2.09. The molecule has 0 fully saturated rings. The lowest BCUT2D eigenvalue weighted by atomic mass is 10.00. The second-order valence-corrected chi connectivity index (χ2v) is 5.55. The Morgan fingerprint density at radius 2 is 1.68 bits per heavy atom. The molecule has 0 aliphatic carbocycles. The van der Waals surface area contributed by atoms with Crippen LogP contribution < -0.4 is 5.30 Å². The summed E-state index contributed by atoms with van der Waals surface area (Å²) in [6, 6.07) is 12.0. The van der Waals surface area contributed by atoms with Crippen molar-refractivity contribution in [2.45, 2.75) is 0 Å². The van der Waals surface area contributed by atoms with Gasteiger partial charge in [-0.05, 0) is 29.3 Å². The smallest absolute Gasteiger partial charge is 0.356 e. The molecule has 98 valence electrons. The van der Waals surface area contributed by atoms with E-state index in [1.165, 1.54) is 24.3 Å². The van der Waals surface area contributed by atoms with E-state index in [2.05, 4.69) is 0 Å². The molecule has 0 radical (unpaired) electrons. The fourth-order valence-corrected chi connectivity index (χ4v) is 2.36. The van der Waals surface area contributed by atoms with Gasteiger partial charge < -0.3 is 14.9 Å². The number of carboxylic acids is 1. The number of aromatic carboxylic acids is 1. The van der Waals surface area contributed by atoms with Crippen LogP contribution in [0.5, 0.6) is 0 Å². The van der Waals surface area contributed by atoms with Gasteiger partial charge in [0, 0.05) is 0 Å². The molecule has 0 spiro atoms. The van der Waals surface area contributed by atoms with Crippen LogP contribution in [0.15, 0.2) is 48.5 Å². The van der Waals surface area contributed by atoms with E-state index in [0.29, 0.717) is 11.1 Å². The second-order valence-electron chi connectivity index (χ2n) is 3.95. The van der Waals surface area contributed by atoms with Crippen LogP contribution in [0.4, 0.5) is 0 Å². The lowest BCUT2D eigenvalue weighted by Crippen LogP contribution is -2.05. The highest BCUT2D eigenvalue weighted by Gasteiger charge is 2.18. The summed E-state index contributed by atoms with van der Waals surface area (Å²) in [5.41, 5.74) is 0.967. The number of carboxylic acid groups (broad SMARTS) is 1. The topological polar surface area (TPSA) is 94.8 Å². The molecule has 2 aromatic rings. The Bertz CT molecular complexity index is 674. The fraction of sp³-hybridized carbons (Fsp3) is 0. The van der Waals surface area contributed by atoms with Gasteiger partial charge in [0.1, 0.15) is 0 Å². The average molecular weight is 278 g/mol. The third-order valence-corrected chi connectivity index (χ3v) is 3.60. The zero-order valence-corrected chi connectivity index (χ0v) is 10.6. The Hall–Kier alpha value is -1.94. The molecule has 0 aliphatic rings. The molecule has 0 aliphatic heterocycles. The van der Waals surface area contributed by atoms with Crippen LogP contribution in [-0.2, 0) is 4.57 Å². The first-order valence-corrected chi connectivity index (χ1v) is 6.99. The van der Waals surface area contributed by atoms with Gasteiger partial charge >= 0.3 is 13.6 Å². The van der Waals surface area contributed by atoms with Gasteiger partial charge in [-0.3, -0.25) is 4.57 Å². The molecule has 0 amide bonds. The van der Waals surface area contributed by atoms with E-state index in [9.17, 15) is 9.36 Å². The van der Waals surface area contributed by atoms with E-state index in [1.807, 2.05) is 0 Å². The summed E-state index contributed by atoms with van der Waals surface area (Å²) < 4.78 is 11.2. The highest BCUT2D eigenvalue weighted by molar-refractivity contribution is 7.60. The summed E-state index contributed by atoms with van der Waals surface area (Å²) in [6.45, 7) is 0. The van der Waals surface area contributed by atoms with Crippen molar-refractivity contribution in [3.63, 3.8) is 0 Å². The first-order chi connectivity index (χ1) is 8.89. The highest BCUT2D eigenvalue weighted by atomic mass is 31.2. The molecule has 0 heterocycles. The van der Waals surface area contributed by atoms with Crippen LogP contribution in [-0.4, -0.2) is 20.9 Å². The van der Waals surface area contributed by atoms with Crippen LogP contribution in [0.3, 0.4) is 0 Å². The predicted octanol–water partition coefficient (Wildman–Crippen LogP) is 1.85. The molecular weight excluding hydrogens is 267 g/mol. The Labute approximate surface area is 109 Å². The van der Waals surface area contributed by atoms with Gasteiger partial charge in [-0.15, -0.1) is 0 Å². The van der Waals surface area contributed by atoms with Crippen molar-refractivity contribution < 1.29 is 24.3 Å². The van der Waals surface area contributed by atoms with Gasteiger partial charge in [0.25, 0.3) is 0 Å². The summed E-state index contributed by atoms with van der Waals surface area (Å²) in [5, 5.41) is 8.97. The van der Waals surface area contributed by atoms with Crippen molar-refractivity contribution in [1.29, 1.82) is 0 Å². The molecule has 2 rings (SSSR count). The van der Waals surface area contributed by atoms with E-state index in [0.717, 1.165) is 0 Å². The number of carbonyl (C=O) groups is 1. The SMILES string of the molecule is O=C(O)c1ccccc1-c1cccc(P(=O)(O)O)c1. The maximum Gasteiger partial charge on any atom is 0.356 e. The minimum Gasteiger partial charge on any atom is -0.478 e. The quantitative estimate of drug-likeness (QED) is 0.745. The zero-order valence-electron chi connectivity index (χ0n) is 9.72. The molecule has 0 atom stereocenters. The summed E-state index contributed by atoms with van der Waals surface area (Å²) >= 11 is 0. The van der Waals surface area contributed by atoms with E-state index >= 15 is 0 Å².